The number of rotatable bonds is 2. The maximum atomic E-state index is 11.3. The fourth-order valence-electron chi connectivity index (χ4n) is 1.14. The largest absolute Gasteiger partial charge is 0.399 e. The Balaban J connectivity index is 2.26. The van der Waals surface area contributed by atoms with Gasteiger partial charge in [0.1, 0.15) is 0 Å². The molecule has 0 atom stereocenters. The minimum atomic E-state index is -0.255. The molecule has 76 valence electrons. The third-order valence-electron chi connectivity index (χ3n) is 1.88. The summed E-state index contributed by atoms with van der Waals surface area (Å²) in [7, 11) is 0. The monoisotopic (exact) mass is 202 g/mol. The van der Waals surface area contributed by atoms with E-state index in [1.807, 2.05) is 0 Å². The predicted octanol–water partition coefficient (Wildman–Crippen LogP) is 1.10. The van der Waals surface area contributed by atoms with Crippen molar-refractivity contribution in [1.29, 1.82) is 0 Å². The zero-order valence-electron chi connectivity index (χ0n) is 7.90. The van der Waals surface area contributed by atoms with Crippen molar-refractivity contribution < 1.29 is 0 Å². The standard InChI is InChI=1S/C10H10N4O/c11-7-1-3-8(4-2-7)14-9-10(15)13-6-5-12-9/h1-6H,11H2,(H,12,14)(H,13,15). The topological polar surface area (TPSA) is 83.8 Å². The van der Waals surface area contributed by atoms with Crippen molar-refractivity contribution in [1.82, 2.24) is 9.97 Å². The summed E-state index contributed by atoms with van der Waals surface area (Å²) in [5.41, 5.74) is 6.73. The number of hydrogen-bond acceptors (Lipinski definition) is 4. The van der Waals surface area contributed by atoms with Gasteiger partial charge in [0.15, 0.2) is 5.82 Å². The van der Waals surface area contributed by atoms with Crippen LogP contribution in [0.2, 0.25) is 0 Å². The second-order valence-corrected chi connectivity index (χ2v) is 3.01. The molecule has 4 N–H and O–H groups in total. The third kappa shape index (κ3) is 2.14. The summed E-state index contributed by atoms with van der Waals surface area (Å²) in [6, 6.07) is 7.06. The molecular weight excluding hydrogens is 192 g/mol. The molecule has 5 heteroatoms. The summed E-state index contributed by atoms with van der Waals surface area (Å²) in [5, 5.41) is 2.89. The lowest BCUT2D eigenvalue weighted by molar-refractivity contribution is 1.14. The number of anilines is 3. The number of nitrogens with zero attached hydrogens (tertiary/aromatic N) is 1. The lowest BCUT2D eigenvalue weighted by atomic mass is 10.3. The smallest absolute Gasteiger partial charge is 0.291 e. The summed E-state index contributed by atoms with van der Waals surface area (Å²) in [5.74, 6) is 0.266. The predicted molar refractivity (Wildman–Crippen MR) is 59.0 cm³/mol. The molecule has 0 aliphatic carbocycles. The summed E-state index contributed by atoms with van der Waals surface area (Å²) in [6.45, 7) is 0. The molecule has 0 fully saturated rings. The van der Waals surface area contributed by atoms with Crippen molar-refractivity contribution in [3.8, 4) is 0 Å². The van der Waals surface area contributed by atoms with E-state index >= 15 is 0 Å². The zero-order chi connectivity index (χ0) is 10.7. The minimum absolute atomic E-state index is 0.255. The van der Waals surface area contributed by atoms with E-state index in [2.05, 4.69) is 15.3 Å². The molecule has 15 heavy (non-hydrogen) atoms. The van der Waals surface area contributed by atoms with Crippen LogP contribution in [-0.4, -0.2) is 9.97 Å². The Bertz CT molecular complexity index is 503. The minimum Gasteiger partial charge on any atom is -0.399 e. The van der Waals surface area contributed by atoms with E-state index in [1.165, 1.54) is 12.4 Å². The molecule has 0 unspecified atom stereocenters. The Morgan fingerprint density at radius 2 is 2.00 bits per heavy atom. The van der Waals surface area contributed by atoms with Gasteiger partial charge in [-0.25, -0.2) is 4.98 Å². The molecule has 1 aromatic heterocycles. The molecule has 5 nitrogen and oxygen atoms in total. The van der Waals surface area contributed by atoms with Crippen LogP contribution in [0.5, 0.6) is 0 Å². The van der Waals surface area contributed by atoms with E-state index in [1.54, 1.807) is 24.3 Å². The van der Waals surface area contributed by atoms with E-state index in [4.69, 9.17) is 5.73 Å². The van der Waals surface area contributed by atoms with E-state index in [0.717, 1.165) is 5.69 Å². The zero-order valence-corrected chi connectivity index (χ0v) is 7.90. The van der Waals surface area contributed by atoms with Crippen LogP contribution >= 0.6 is 0 Å². The van der Waals surface area contributed by atoms with Gasteiger partial charge in [0, 0.05) is 23.8 Å². The first-order valence-electron chi connectivity index (χ1n) is 4.42. The Morgan fingerprint density at radius 3 is 2.67 bits per heavy atom. The summed E-state index contributed by atoms with van der Waals surface area (Å²) in [6.07, 6.45) is 3.00. The molecular formula is C10H10N4O. The number of benzene rings is 1. The Hall–Kier alpha value is -2.30. The highest BCUT2D eigenvalue weighted by Crippen LogP contribution is 2.13. The number of nitrogens with one attached hydrogen (secondary N) is 2. The van der Waals surface area contributed by atoms with Crippen LogP contribution in [-0.2, 0) is 0 Å². The fraction of sp³-hybridized carbons (Fsp3) is 0. The van der Waals surface area contributed by atoms with Gasteiger partial charge in [-0.1, -0.05) is 0 Å². The van der Waals surface area contributed by atoms with Crippen molar-refractivity contribution >= 4 is 17.2 Å². The molecule has 0 spiro atoms. The molecule has 1 aromatic carbocycles. The summed E-state index contributed by atoms with van der Waals surface area (Å²) >= 11 is 0. The first-order chi connectivity index (χ1) is 7.25. The second kappa shape index (κ2) is 3.83. The Morgan fingerprint density at radius 1 is 1.27 bits per heavy atom. The average molecular weight is 202 g/mol. The van der Waals surface area contributed by atoms with Crippen molar-refractivity contribution in [2.45, 2.75) is 0 Å². The van der Waals surface area contributed by atoms with Crippen LogP contribution < -0.4 is 16.6 Å². The highest BCUT2D eigenvalue weighted by molar-refractivity contribution is 5.58. The highest BCUT2D eigenvalue weighted by Gasteiger charge is 1.99. The lowest BCUT2D eigenvalue weighted by Crippen LogP contribution is -2.12. The Kier molecular flexibility index (Phi) is 2.37. The second-order valence-electron chi connectivity index (χ2n) is 3.01. The normalized spacial score (nSPS) is 9.87. The van der Waals surface area contributed by atoms with Crippen molar-refractivity contribution in [3.05, 3.63) is 47.0 Å². The van der Waals surface area contributed by atoms with E-state index in [-0.39, 0.29) is 11.4 Å². The van der Waals surface area contributed by atoms with Crippen molar-refractivity contribution in [3.63, 3.8) is 0 Å². The van der Waals surface area contributed by atoms with Gasteiger partial charge in [-0.2, -0.15) is 0 Å². The van der Waals surface area contributed by atoms with Gasteiger partial charge in [0.05, 0.1) is 0 Å². The van der Waals surface area contributed by atoms with Gasteiger partial charge in [-0.15, -0.1) is 0 Å². The van der Waals surface area contributed by atoms with Gasteiger partial charge in [-0.3, -0.25) is 4.79 Å². The molecule has 0 radical (unpaired) electrons. The summed E-state index contributed by atoms with van der Waals surface area (Å²) < 4.78 is 0. The molecule has 0 bridgehead atoms. The highest BCUT2D eigenvalue weighted by atomic mass is 16.1. The number of aromatic amines is 1. The van der Waals surface area contributed by atoms with Crippen LogP contribution in [0.3, 0.4) is 0 Å². The van der Waals surface area contributed by atoms with Gasteiger partial charge in [0.25, 0.3) is 5.56 Å². The molecule has 0 amide bonds. The van der Waals surface area contributed by atoms with Crippen LogP contribution in [0.15, 0.2) is 41.5 Å². The first kappa shape index (κ1) is 9.26. The fourth-order valence-corrected chi connectivity index (χ4v) is 1.14. The number of nitrogens with two attached hydrogens (primary N) is 1. The van der Waals surface area contributed by atoms with Crippen molar-refractivity contribution in [2.24, 2.45) is 0 Å². The number of H-pyrrole nitrogens is 1. The maximum Gasteiger partial charge on any atom is 0.291 e. The summed E-state index contributed by atoms with van der Waals surface area (Å²) in [4.78, 5) is 17.7. The molecule has 2 rings (SSSR count). The molecule has 1 heterocycles. The van der Waals surface area contributed by atoms with Gasteiger partial charge >= 0.3 is 0 Å². The van der Waals surface area contributed by atoms with Crippen LogP contribution in [0.4, 0.5) is 17.2 Å². The van der Waals surface area contributed by atoms with Gasteiger partial charge in [-0.05, 0) is 24.3 Å². The van der Waals surface area contributed by atoms with E-state index < -0.39 is 0 Å². The lowest BCUT2D eigenvalue weighted by Gasteiger charge is -2.03. The number of hydrogen-bond donors (Lipinski definition) is 3. The van der Waals surface area contributed by atoms with Gasteiger partial charge < -0.3 is 16.0 Å². The van der Waals surface area contributed by atoms with E-state index in [0.29, 0.717) is 5.69 Å². The van der Waals surface area contributed by atoms with E-state index in [9.17, 15) is 4.79 Å². The Labute approximate surface area is 86.0 Å². The number of aromatic nitrogens is 2. The van der Waals surface area contributed by atoms with Crippen LogP contribution in [0.1, 0.15) is 0 Å². The molecule has 0 aliphatic rings. The quantitative estimate of drug-likeness (QED) is 0.636. The van der Waals surface area contributed by atoms with Crippen molar-refractivity contribution in [2.75, 3.05) is 11.1 Å². The third-order valence-corrected chi connectivity index (χ3v) is 1.88. The molecule has 0 saturated carbocycles. The van der Waals surface area contributed by atoms with Gasteiger partial charge in [0.2, 0.25) is 0 Å². The maximum absolute atomic E-state index is 11.3. The first-order valence-corrected chi connectivity index (χ1v) is 4.42. The number of nitrogen functional groups attached to an aromatic ring is 1. The molecule has 2 aromatic rings. The molecule has 0 saturated heterocycles. The average Bonchev–Trinajstić information content (AvgIpc) is 2.25. The van der Waals surface area contributed by atoms with Crippen LogP contribution in [0, 0.1) is 0 Å². The van der Waals surface area contributed by atoms with Crippen LogP contribution in [0.25, 0.3) is 0 Å². The SMILES string of the molecule is Nc1ccc(Nc2ncc[nH]c2=O)cc1. The molecule has 0 aliphatic heterocycles.